The molecule has 0 unspecified atom stereocenters. The van der Waals surface area contributed by atoms with Gasteiger partial charge in [-0.2, -0.15) is 0 Å². The van der Waals surface area contributed by atoms with Crippen molar-refractivity contribution >= 4 is 35.6 Å². The van der Waals surface area contributed by atoms with Crippen LogP contribution in [0.25, 0.3) is 0 Å². The van der Waals surface area contributed by atoms with Crippen molar-refractivity contribution in [2.24, 2.45) is 4.99 Å². The second-order valence-electron chi connectivity index (χ2n) is 7.52. The van der Waals surface area contributed by atoms with E-state index < -0.39 is 0 Å². The lowest BCUT2D eigenvalue weighted by Crippen LogP contribution is -2.39. The van der Waals surface area contributed by atoms with E-state index in [9.17, 15) is 4.39 Å². The topological polar surface area (TPSA) is 64.1 Å². The zero-order valence-electron chi connectivity index (χ0n) is 18.9. The molecule has 1 aliphatic heterocycles. The number of rotatable bonds is 8. The summed E-state index contributed by atoms with van der Waals surface area (Å²) in [5.41, 5.74) is 1.56. The number of methoxy groups -OCH3 is 1. The van der Waals surface area contributed by atoms with Crippen LogP contribution in [0.15, 0.2) is 47.5 Å². The molecule has 1 aliphatic rings. The van der Waals surface area contributed by atoms with E-state index in [1.807, 2.05) is 38.1 Å². The summed E-state index contributed by atoms with van der Waals surface area (Å²) in [5.74, 6) is 1.79. The fourth-order valence-corrected chi connectivity index (χ4v) is 3.81. The first-order valence-corrected chi connectivity index (χ1v) is 10.8. The molecule has 0 aromatic heterocycles. The van der Waals surface area contributed by atoms with Gasteiger partial charge < -0.3 is 24.8 Å². The van der Waals surface area contributed by atoms with Gasteiger partial charge in [-0.05, 0) is 56.5 Å². The molecule has 0 amide bonds. The van der Waals surface area contributed by atoms with Crippen LogP contribution < -0.4 is 20.1 Å². The van der Waals surface area contributed by atoms with Crippen molar-refractivity contribution in [3.05, 3.63) is 53.8 Å². The Morgan fingerprint density at radius 3 is 2.56 bits per heavy atom. The lowest BCUT2D eigenvalue weighted by Gasteiger charge is -2.36. The predicted octanol–water partition coefficient (Wildman–Crippen LogP) is 4.98. The second-order valence-corrected chi connectivity index (χ2v) is 7.52. The number of halogens is 2. The van der Waals surface area contributed by atoms with E-state index in [0.29, 0.717) is 43.8 Å². The van der Waals surface area contributed by atoms with Crippen molar-refractivity contribution in [2.45, 2.75) is 32.1 Å². The molecule has 2 aromatic rings. The number of nitrogens with one attached hydrogen (secondary N) is 2. The average Bonchev–Trinajstić information content (AvgIpc) is 2.79. The molecule has 8 heteroatoms. The van der Waals surface area contributed by atoms with Crippen LogP contribution in [0.4, 0.5) is 10.1 Å². The number of benzene rings is 2. The van der Waals surface area contributed by atoms with Crippen LogP contribution in [0.1, 0.15) is 32.3 Å². The van der Waals surface area contributed by atoms with Gasteiger partial charge in [0, 0.05) is 36.9 Å². The first-order chi connectivity index (χ1) is 15.1. The maximum Gasteiger partial charge on any atom is 0.195 e. The monoisotopic (exact) mass is 557 g/mol. The van der Waals surface area contributed by atoms with Crippen LogP contribution in [0.5, 0.6) is 11.5 Å². The number of hydrogen-bond acceptors (Lipinski definition) is 4. The molecule has 0 aliphatic carbocycles. The number of nitrogens with zero attached hydrogens (tertiary/aromatic N) is 1. The molecular weight excluding hydrogens is 524 g/mol. The Morgan fingerprint density at radius 1 is 1.12 bits per heavy atom. The molecule has 0 spiro atoms. The minimum absolute atomic E-state index is 0. The van der Waals surface area contributed by atoms with Gasteiger partial charge >= 0.3 is 0 Å². The fraction of sp³-hybridized carbons (Fsp3) is 0.458. The third-order valence-corrected chi connectivity index (χ3v) is 5.50. The summed E-state index contributed by atoms with van der Waals surface area (Å²) in [6, 6.07) is 12.5. The molecule has 2 aromatic carbocycles. The Labute approximate surface area is 207 Å². The largest absolute Gasteiger partial charge is 0.493 e. The first kappa shape index (κ1) is 26.2. The number of anilines is 1. The molecule has 3 rings (SSSR count). The average molecular weight is 557 g/mol. The molecular formula is C24H33FIN3O3. The van der Waals surface area contributed by atoms with E-state index in [2.05, 4.69) is 10.6 Å². The van der Waals surface area contributed by atoms with Crippen LogP contribution in [-0.4, -0.2) is 46.0 Å². The number of ether oxygens (including phenoxy) is 3. The summed E-state index contributed by atoms with van der Waals surface area (Å²) in [6.07, 6.45) is 1.60. The molecule has 1 heterocycles. The van der Waals surface area contributed by atoms with Crippen LogP contribution in [-0.2, 0) is 10.2 Å². The van der Waals surface area contributed by atoms with E-state index in [1.54, 1.807) is 19.2 Å². The number of aliphatic imine (C=N–C) groups is 1. The maximum atomic E-state index is 13.9. The zero-order chi connectivity index (χ0) is 22.1. The van der Waals surface area contributed by atoms with Crippen molar-refractivity contribution in [3.63, 3.8) is 0 Å². The summed E-state index contributed by atoms with van der Waals surface area (Å²) >= 11 is 0. The van der Waals surface area contributed by atoms with Gasteiger partial charge in [-0.1, -0.05) is 12.1 Å². The minimum atomic E-state index is -0.251. The summed E-state index contributed by atoms with van der Waals surface area (Å²) in [5, 5.41) is 6.63. The van der Waals surface area contributed by atoms with E-state index in [4.69, 9.17) is 19.2 Å². The van der Waals surface area contributed by atoms with E-state index in [-0.39, 0.29) is 35.2 Å². The smallest absolute Gasteiger partial charge is 0.195 e. The Morgan fingerprint density at radius 2 is 1.91 bits per heavy atom. The third kappa shape index (κ3) is 6.71. The Balaban J connectivity index is 0.00000363. The Kier molecular flexibility index (Phi) is 10.5. The molecule has 2 N–H and O–H groups in total. The van der Waals surface area contributed by atoms with Gasteiger partial charge in [-0.3, -0.25) is 4.99 Å². The predicted molar refractivity (Wildman–Crippen MR) is 137 cm³/mol. The van der Waals surface area contributed by atoms with Gasteiger partial charge in [0.25, 0.3) is 0 Å². The van der Waals surface area contributed by atoms with Crippen LogP contribution >= 0.6 is 24.0 Å². The second kappa shape index (κ2) is 12.8. The van der Waals surface area contributed by atoms with Gasteiger partial charge in [0.2, 0.25) is 0 Å². The minimum Gasteiger partial charge on any atom is -0.493 e. The van der Waals surface area contributed by atoms with Crippen LogP contribution in [0.2, 0.25) is 0 Å². The third-order valence-electron chi connectivity index (χ3n) is 5.50. The quantitative estimate of drug-likeness (QED) is 0.273. The van der Waals surface area contributed by atoms with Gasteiger partial charge in [0.05, 0.1) is 20.3 Å². The molecule has 1 saturated heterocycles. The van der Waals surface area contributed by atoms with Crippen molar-refractivity contribution < 1.29 is 18.6 Å². The molecule has 0 bridgehead atoms. The summed E-state index contributed by atoms with van der Waals surface area (Å²) in [6.45, 7) is 7.07. The SMILES string of the molecule is CCNC(=NCC1(c2cccc(F)c2)CCOCC1)Nc1ccc(OCC)c(OC)c1.I. The van der Waals surface area contributed by atoms with Gasteiger partial charge in [-0.25, -0.2) is 4.39 Å². The Hall–Kier alpha value is -2.07. The highest BCUT2D eigenvalue weighted by Gasteiger charge is 2.34. The fourth-order valence-electron chi connectivity index (χ4n) is 3.81. The molecule has 32 heavy (non-hydrogen) atoms. The zero-order valence-corrected chi connectivity index (χ0v) is 21.3. The first-order valence-electron chi connectivity index (χ1n) is 10.8. The van der Waals surface area contributed by atoms with E-state index in [1.165, 1.54) is 6.07 Å². The van der Waals surface area contributed by atoms with Crippen molar-refractivity contribution in [1.82, 2.24) is 5.32 Å². The van der Waals surface area contributed by atoms with Crippen molar-refractivity contribution in [2.75, 3.05) is 45.3 Å². The van der Waals surface area contributed by atoms with Gasteiger partial charge in [0.1, 0.15) is 5.82 Å². The number of hydrogen-bond donors (Lipinski definition) is 2. The molecule has 6 nitrogen and oxygen atoms in total. The molecule has 1 fully saturated rings. The summed E-state index contributed by atoms with van der Waals surface area (Å²) in [4.78, 5) is 4.87. The van der Waals surface area contributed by atoms with Crippen LogP contribution in [0.3, 0.4) is 0 Å². The molecule has 0 saturated carbocycles. The van der Waals surface area contributed by atoms with Crippen molar-refractivity contribution in [3.8, 4) is 11.5 Å². The lowest BCUT2D eigenvalue weighted by atomic mass is 9.74. The summed E-state index contributed by atoms with van der Waals surface area (Å²) < 4.78 is 30.6. The highest BCUT2D eigenvalue weighted by Crippen LogP contribution is 2.36. The molecule has 176 valence electrons. The summed E-state index contributed by atoms with van der Waals surface area (Å²) in [7, 11) is 1.62. The van der Waals surface area contributed by atoms with Crippen molar-refractivity contribution in [1.29, 1.82) is 0 Å². The van der Waals surface area contributed by atoms with E-state index in [0.717, 1.165) is 30.6 Å². The normalized spacial score (nSPS) is 15.4. The molecule has 0 radical (unpaired) electrons. The van der Waals surface area contributed by atoms with Gasteiger partial charge in [0.15, 0.2) is 17.5 Å². The van der Waals surface area contributed by atoms with E-state index >= 15 is 0 Å². The highest BCUT2D eigenvalue weighted by atomic mass is 127. The highest BCUT2D eigenvalue weighted by molar-refractivity contribution is 14.0. The maximum absolute atomic E-state index is 13.9. The number of guanidine groups is 1. The standard InChI is InChI=1S/C24H32FN3O3.HI/c1-4-26-23(28-20-9-10-21(31-5-2)22(16-20)29-3)27-17-24(11-13-30-14-12-24)18-7-6-8-19(25)15-18;/h6-10,15-16H,4-5,11-14,17H2,1-3H3,(H2,26,27,28);1H. The van der Waals surface area contributed by atoms with Gasteiger partial charge in [-0.15, -0.1) is 24.0 Å². The lowest BCUT2D eigenvalue weighted by molar-refractivity contribution is 0.0530. The Bertz CT molecular complexity index is 889. The van der Waals surface area contributed by atoms with Crippen LogP contribution in [0, 0.1) is 5.82 Å². The molecule has 0 atom stereocenters.